The second-order valence-corrected chi connectivity index (χ2v) is 8.57. The molecule has 27 heavy (non-hydrogen) atoms. The third kappa shape index (κ3) is 5.99. The van der Waals surface area contributed by atoms with Crippen LogP contribution in [-0.2, 0) is 11.2 Å². The molecule has 0 aliphatic heterocycles. The Morgan fingerprint density at radius 2 is 1.56 bits per heavy atom. The van der Waals surface area contributed by atoms with Crippen LogP contribution < -0.4 is 5.32 Å². The summed E-state index contributed by atoms with van der Waals surface area (Å²) in [5.74, 6) is 0.905. The molecule has 1 amide bonds. The lowest BCUT2D eigenvalue weighted by molar-refractivity contribution is -0.122. The van der Waals surface area contributed by atoms with Gasteiger partial charge in [-0.25, -0.2) is 0 Å². The standard InChI is InChI=1S/C23H27Cl2NO/c1-16(26-23(27)15-17-4-2-3-5-17)22(19-8-12-21(25)13-9-19)14-18-6-10-20(24)11-7-18/h6-13,16-17,22H,2-5,14-15H2,1H3,(H,26,27)/t16-,22+/m1/s1. The van der Waals surface area contributed by atoms with Gasteiger partial charge in [0.2, 0.25) is 5.91 Å². The lowest BCUT2D eigenvalue weighted by atomic mass is 9.86. The van der Waals surface area contributed by atoms with Crippen molar-refractivity contribution in [3.05, 3.63) is 69.7 Å². The molecule has 3 rings (SSSR count). The van der Waals surface area contributed by atoms with Gasteiger partial charge in [-0.2, -0.15) is 0 Å². The van der Waals surface area contributed by atoms with Crippen LogP contribution in [0.25, 0.3) is 0 Å². The fourth-order valence-electron chi connectivity index (χ4n) is 4.06. The van der Waals surface area contributed by atoms with Gasteiger partial charge in [-0.05, 0) is 67.5 Å². The van der Waals surface area contributed by atoms with E-state index in [9.17, 15) is 4.79 Å². The van der Waals surface area contributed by atoms with Crippen molar-refractivity contribution in [3.8, 4) is 0 Å². The minimum atomic E-state index is 0.0377. The van der Waals surface area contributed by atoms with Crippen LogP contribution in [0, 0.1) is 5.92 Å². The molecule has 144 valence electrons. The molecule has 2 aromatic carbocycles. The number of nitrogens with one attached hydrogen (secondary N) is 1. The van der Waals surface area contributed by atoms with E-state index < -0.39 is 0 Å². The SMILES string of the molecule is C[C@@H](NC(=O)CC1CCCC1)[C@H](Cc1ccc(Cl)cc1)c1ccc(Cl)cc1. The minimum Gasteiger partial charge on any atom is -0.353 e. The Balaban J connectivity index is 1.72. The first-order valence-corrected chi connectivity index (χ1v) is 10.6. The van der Waals surface area contributed by atoms with Crippen molar-refractivity contribution in [1.29, 1.82) is 0 Å². The Labute approximate surface area is 172 Å². The Kier molecular flexibility index (Phi) is 7.20. The smallest absolute Gasteiger partial charge is 0.220 e. The highest BCUT2D eigenvalue weighted by molar-refractivity contribution is 6.30. The van der Waals surface area contributed by atoms with Crippen LogP contribution in [0.5, 0.6) is 0 Å². The van der Waals surface area contributed by atoms with Crippen LogP contribution in [0.3, 0.4) is 0 Å². The average Bonchev–Trinajstić information content (AvgIpc) is 3.15. The summed E-state index contributed by atoms with van der Waals surface area (Å²) in [5.41, 5.74) is 2.39. The van der Waals surface area contributed by atoms with Crippen LogP contribution in [-0.4, -0.2) is 11.9 Å². The van der Waals surface area contributed by atoms with Gasteiger partial charge in [0.1, 0.15) is 0 Å². The van der Waals surface area contributed by atoms with Gasteiger partial charge in [0.05, 0.1) is 0 Å². The monoisotopic (exact) mass is 403 g/mol. The van der Waals surface area contributed by atoms with Gasteiger partial charge in [0.15, 0.2) is 0 Å². The third-order valence-electron chi connectivity index (χ3n) is 5.61. The minimum absolute atomic E-state index is 0.0377. The van der Waals surface area contributed by atoms with E-state index in [2.05, 4.69) is 36.5 Å². The molecule has 2 aromatic rings. The van der Waals surface area contributed by atoms with Crippen LogP contribution in [0.2, 0.25) is 10.0 Å². The maximum atomic E-state index is 12.5. The molecule has 0 saturated heterocycles. The van der Waals surface area contributed by atoms with E-state index >= 15 is 0 Å². The second-order valence-electron chi connectivity index (χ2n) is 7.70. The van der Waals surface area contributed by atoms with E-state index in [1.807, 2.05) is 24.3 Å². The first kappa shape index (κ1) is 20.2. The second kappa shape index (κ2) is 9.61. The van der Waals surface area contributed by atoms with Crippen molar-refractivity contribution in [2.24, 2.45) is 5.92 Å². The molecule has 0 spiro atoms. The van der Waals surface area contributed by atoms with E-state index in [0.717, 1.165) is 16.5 Å². The molecule has 0 bridgehead atoms. The molecule has 0 radical (unpaired) electrons. The highest BCUT2D eigenvalue weighted by Crippen LogP contribution is 2.29. The highest BCUT2D eigenvalue weighted by atomic mass is 35.5. The van der Waals surface area contributed by atoms with E-state index in [0.29, 0.717) is 12.3 Å². The molecule has 1 fully saturated rings. The van der Waals surface area contributed by atoms with E-state index in [1.165, 1.54) is 36.8 Å². The summed E-state index contributed by atoms with van der Waals surface area (Å²) in [6, 6.07) is 15.9. The third-order valence-corrected chi connectivity index (χ3v) is 6.11. The van der Waals surface area contributed by atoms with E-state index in [-0.39, 0.29) is 17.9 Å². The van der Waals surface area contributed by atoms with Crippen LogP contribution in [0.4, 0.5) is 0 Å². The van der Waals surface area contributed by atoms with Crippen LogP contribution in [0.1, 0.15) is 56.1 Å². The maximum Gasteiger partial charge on any atom is 0.220 e. The van der Waals surface area contributed by atoms with Crippen LogP contribution >= 0.6 is 23.2 Å². The lowest BCUT2D eigenvalue weighted by Gasteiger charge is -2.26. The Morgan fingerprint density at radius 3 is 2.15 bits per heavy atom. The number of rotatable bonds is 7. The lowest BCUT2D eigenvalue weighted by Crippen LogP contribution is -2.38. The molecule has 1 saturated carbocycles. The van der Waals surface area contributed by atoms with Crippen molar-refractivity contribution in [2.45, 2.75) is 57.4 Å². The van der Waals surface area contributed by atoms with Gasteiger partial charge in [-0.15, -0.1) is 0 Å². The Bertz CT molecular complexity index is 736. The molecule has 1 aliphatic carbocycles. The maximum absolute atomic E-state index is 12.5. The van der Waals surface area contributed by atoms with Gasteiger partial charge in [-0.3, -0.25) is 4.79 Å². The zero-order valence-corrected chi connectivity index (χ0v) is 17.3. The normalized spacial score (nSPS) is 16.9. The molecule has 0 aromatic heterocycles. The predicted octanol–water partition coefficient (Wildman–Crippen LogP) is 6.40. The summed E-state index contributed by atoms with van der Waals surface area (Å²) < 4.78 is 0. The number of halogens is 2. The van der Waals surface area contributed by atoms with Crippen molar-refractivity contribution in [2.75, 3.05) is 0 Å². The van der Waals surface area contributed by atoms with E-state index in [4.69, 9.17) is 23.2 Å². The van der Waals surface area contributed by atoms with Gasteiger partial charge in [-0.1, -0.05) is 60.3 Å². The fourth-order valence-corrected chi connectivity index (χ4v) is 4.31. The largest absolute Gasteiger partial charge is 0.353 e. The molecular formula is C23H27Cl2NO. The number of carbonyl (C=O) groups is 1. The summed E-state index contributed by atoms with van der Waals surface area (Å²) in [7, 11) is 0. The van der Waals surface area contributed by atoms with Crippen molar-refractivity contribution < 1.29 is 4.79 Å². The molecular weight excluding hydrogens is 377 g/mol. The summed E-state index contributed by atoms with van der Waals surface area (Å²) >= 11 is 12.1. The summed E-state index contributed by atoms with van der Waals surface area (Å²) in [6.07, 6.45) is 6.39. The van der Waals surface area contributed by atoms with Crippen molar-refractivity contribution in [3.63, 3.8) is 0 Å². The number of hydrogen-bond donors (Lipinski definition) is 1. The van der Waals surface area contributed by atoms with Gasteiger partial charge in [0.25, 0.3) is 0 Å². The zero-order chi connectivity index (χ0) is 19.2. The topological polar surface area (TPSA) is 29.1 Å². The van der Waals surface area contributed by atoms with Crippen LogP contribution in [0.15, 0.2) is 48.5 Å². The molecule has 2 atom stereocenters. The first-order chi connectivity index (χ1) is 13.0. The first-order valence-electron chi connectivity index (χ1n) is 9.80. The fraction of sp³-hybridized carbons (Fsp3) is 0.435. The van der Waals surface area contributed by atoms with Gasteiger partial charge in [0, 0.05) is 28.4 Å². The summed E-state index contributed by atoms with van der Waals surface area (Å²) in [5, 5.41) is 4.71. The van der Waals surface area contributed by atoms with Crippen molar-refractivity contribution >= 4 is 29.1 Å². The number of benzene rings is 2. The molecule has 1 aliphatic rings. The number of carbonyl (C=O) groups excluding carboxylic acids is 1. The van der Waals surface area contributed by atoms with Gasteiger partial charge >= 0.3 is 0 Å². The Morgan fingerprint density at radius 1 is 1.00 bits per heavy atom. The zero-order valence-electron chi connectivity index (χ0n) is 15.8. The molecule has 4 heteroatoms. The summed E-state index contributed by atoms with van der Waals surface area (Å²) in [6.45, 7) is 2.10. The molecule has 0 unspecified atom stereocenters. The van der Waals surface area contributed by atoms with Crippen molar-refractivity contribution in [1.82, 2.24) is 5.32 Å². The highest BCUT2D eigenvalue weighted by Gasteiger charge is 2.24. The quantitative estimate of drug-likeness (QED) is 0.568. The molecule has 2 nitrogen and oxygen atoms in total. The predicted molar refractivity (Wildman–Crippen MR) is 114 cm³/mol. The molecule has 1 N–H and O–H groups in total. The Hall–Kier alpha value is -1.51. The summed E-state index contributed by atoms with van der Waals surface area (Å²) in [4.78, 5) is 12.5. The average molecular weight is 404 g/mol. The van der Waals surface area contributed by atoms with Gasteiger partial charge < -0.3 is 5.32 Å². The van der Waals surface area contributed by atoms with E-state index in [1.54, 1.807) is 0 Å². The molecule has 0 heterocycles. The number of hydrogen-bond acceptors (Lipinski definition) is 1. The number of amides is 1.